The summed E-state index contributed by atoms with van der Waals surface area (Å²) >= 11 is 0. The molecule has 31 heavy (non-hydrogen) atoms. The molecule has 0 bridgehead atoms. The molecule has 4 rings (SSSR count). The molecule has 0 unspecified atom stereocenters. The molecule has 2 amide bonds. The lowest BCUT2D eigenvalue weighted by Crippen LogP contribution is -2.65. The van der Waals surface area contributed by atoms with Crippen LogP contribution in [0.4, 0.5) is 21.0 Å². The van der Waals surface area contributed by atoms with E-state index >= 15 is 0 Å². The zero-order valence-corrected chi connectivity index (χ0v) is 18.8. The Morgan fingerprint density at radius 2 is 1.87 bits per heavy atom. The predicted octanol–water partition coefficient (Wildman–Crippen LogP) is 1.76. The average molecular weight is 432 g/mol. The second kappa shape index (κ2) is 6.78. The number of likely N-dealkylation sites (N-methyl/N-ethyl adjacent to an activating group) is 1. The third kappa shape index (κ3) is 3.18. The van der Waals surface area contributed by atoms with Crippen molar-refractivity contribution in [3.05, 3.63) is 17.1 Å². The van der Waals surface area contributed by atoms with Gasteiger partial charge < -0.3 is 21.3 Å². The van der Waals surface area contributed by atoms with E-state index in [0.29, 0.717) is 17.8 Å². The van der Waals surface area contributed by atoms with E-state index in [9.17, 15) is 9.18 Å². The Hall–Kier alpha value is -2.95. The number of piperazine rings is 1. The molecule has 1 fully saturated rings. The highest BCUT2D eigenvalue weighted by molar-refractivity contribution is 5.78. The number of nitrogens with one attached hydrogen (secondary N) is 1. The second-order valence-corrected chi connectivity index (χ2v) is 9.65. The Balaban J connectivity index is 1.69. The van der Waals surface area contributed by atoms with Gasteiger partial charge in [0.25, 0.3) is 0 Å². The Labute approximate surface area is 180 Å². The van der Waals surface area contributed by atoms with Crippen LogP contribution in [-0.4, -0.2) is 72.6 Å². The summed E-state index contributed by atoms with van der Waals surface area (Å²) in [7, 11) is 2.08. The Morgan fingerprint density at radius 1 is 1.19 bits per heavy atom. The monoisotopic (exact) mass is 431 g/mol. The zero-order valence-electron chi connectivity index (χ0n) is 18.8. The van der Waals surface area contributed by atoms with Gasteiger partial charge in [-0.15, -0.1) is 0 Å². The standard InChI is InChI=1S/C20H30FN9O/c1-10-7-28(6)19(2,3)9-29(10)18(31)30-8-11-13(26-27-15(11)20(30,4)5)14-12(21)16(22)25-17(23)24-14/h10H,7-9H2,1-6H3,(H,26,27)(H4,22,23,24,25)/t10-/m0/s1. The molecule has 4 heterocycles. The van der Waals surface area contributed by atoms with Crippen LogP contribution >= 0.6 is 0 Å². The van der Waals surface area contributed by atoms with Gasteiger partial charge in [0.05, 0.1) is 17.8 Å². The van der Waals surface area contributed by atoms with Crippen molar-refractivity contribution in [3.8, 4) is 11.4 Å². The predicted molar refractivity (Wildman–Crippen MR) is 115 cm³/mol. The molecule has 0 radical (unpaired) electrons. The molecule has 2 aliphatic heterocycles. The molecule has 10 nitrogen and oxygen atoms in total. The number of carbonyl (C=O) groups is 1. The Bertz CT molecular complexity index is 1050. The largest absolute Gasteiger partial charge is 0.381 e. The number of amides is 2. The number of hydrogen-bond donors (Lipinski definition) is 3. The van der Waals surface area contributed by atoms with Gasteiger partial charge in [0.15, 0.2) is 11.6 Å². The number of nitrogens with zero attached hydrogens (tertiary/aromatic N) is 6. The van der Waals surface area contributed by atoms with Crippen LogP contribution in [-0.2, 0) is 12.1 Å². The number of carbonyl (C=O) groups excluding carboxylic acids is 1. The number of aromatic amines is 1. The van der Waals surface area contributed by atoms with E-state index in [1.807, 2.05) is 18.7 Å². The molecular weight excluding hydrogens is 401 g/mol. The van der Waals surface area contributed by atoms with E-state index in [0.717, 1.165) is 12.2 Å². The molecular formula is C20H30FN9O. The summed E-state index contributed by atoms with van der Waals surface area (Å²) in [5.41, 5.74) is 12.2. The number of nitrogen functional groups attached to an aromatic ring is 2. The third-order valence-electron chi connectivity index (χ3n) is 6.73. The molecule has 0 aromatic carbocycles. The van der Waals surface area contributed by atoms with Crippen LogP contribution in [0.15, 0.2) is 0 Å². The molecule has 0 saturated carbocycles. The van der Waals surface area contributed by atoms with Gasteiger partial charge in [-0.1, -0.05) is 0 Å². The van der Waals surface area contributed by atoms with E-state index in [2.05, 4.69) is 52.9 Å². The molecule has 1 atom stereocenters. The van der Waals surface area contributed by atoms with Gasteiger partial charge in [-0.2, -0.15) is 10.1 Å². The van der Waals surface area contributed by atoms with Crippen LogP contribution in [0.3, 0.4) is 0 Å². The molecule has 0 spiro atoms. The number of urea groups is 1. The van der Waals surface area contributed by atoms with E-state index in [1.165, 1.54) is 0 Å². The molecule has 0 aliphatic carbocycles. The van der Waals surface area contributed by atoms with Gasteiger partial charge >= 0.3 is 6.03 Å². The van der Waals surface area contributed by atoms with Crippen molar-refractivity contribution >= 4 is 17.8 Å². The van der Waals surface area contributed by atoms with Crippen molar-refractivity contribution in [2.24, 2.45) is 0 Å². The van der Waals surface area contributed by atoms with Crippen LogP contribution in [0.2, 0.25) is 0 Å². The molecule has 11 heteroatoms. The first-order valence-electron chi connectivity index (χ1n) is 10.3. The van der Waals surface area contributed by atoms with E-state index in [4.69, 9.17) is 11.5 Å². The minimum Gasteiger partial charge on any atom is -0.381 e. The number of aromatic nitrogens is 4. The van der Waals surface area contributed by atoms with Crippen LogP contribution in [0, 0.1) is 5.82 Å². The lowest BCUT2D eigenvalue weighted by Gasteiger charge is -2.50. The Morgan fingerprint density at radius 3 is 2.55 bits per heavy atom. The van der Waals surface area contributed by atoms with E-state index in [1.54, 1.807) is 4.90 Å². The van der Waals surface area contributed by atoms with Crippen LogP contribution in [0.25, 0.3) is 11.4 Å². The van der Waals surface area contributed by atoms with Gasteiger partial charge in [0, 0.05) is 30.2 Å². The Kier molecular flexibility index (Phi) is 4.65. The van der Waals surface area contributed by atoms with Crippen molar-refractivity contribution in [1.29, 1.82) is 0 Å². The SMILES string of the molecule is C[C@H]1CN(C)C(C)(C)CN1C(=O)N1Cc2c(-c3nc(N)nc(N)c3F)n[nH]c2C1(C)C. The summed E-state index contributed by atoms with van der Waals surface area (Å²) < 4.78 is 14.7. The van der Waals surface area contributed by atoms with Gasteiger partial charge in [-0.3, -0.25) is 10.00 Å². The topological polar surface area (TPSA) is 133 Å². The first-order chi connectivity index (χ1) is 14.3. The highest BCUT2D eigenvalue weighted by atomic mass is 19.1. The molecule has 2 aliphatic rings. The summed E-state index contributed by atoms with van der Waals surface area (Å²) in [6.45, 7) is 11.9. The molecule has 5 N–H and O–H groups in total. The van der Waals surface area contributed by atoms with Crippen LogP contribution in [0.5, 0.6) is 0 Å². The number of halogens is 1. The van der Waals surface area contributed by atoms with Crippen molar-refractivity contribution in [3.63, 3.8) is 0 Å². The summed E-state index contributed by atoms with van der Waals surface area (Å²) in [6, 6.07) is 0.00757. The summed E-state index contributed by atoms with van der Waals surface area (Å²) in [5, 5.41) is 7.26. The summed E-state index contributed by atoms with van der Waals surface area (Å²) in [5.74, 6) is -1.25. The van der Waals surface area contributed by atoms with Gasteiger partial charge in [-0.05, 0) is 41.7 Å². The van der Waals surface area contributed by atoms with Crippen molar-refractivity contribution in [1.82, 2.24) is 34.9 Å². The maximum atomic E-state index is 14.7. The number of H-pyrrole nitrogens is 1. The fourth-order valence-electron chi connectivity index (χ4n) is 4.50. The fourth-order valence-corrected chi connectivity index (χ4v) is 4.50. The van der Waals surface area contributed by atoms with E-state index < -0.39 is 11.4 Å². The van der Waals surface area contributed by atoms with Crippen molar-refractivity contribution in [2.45, 2.75) is 58.3 Å². The highest BCUT2D eigenvalue weighted by Gasteiger charge is 2.48. The summed E-state index contributed by atoms with van der Waals surface area (Å²) in [6.07, 6.45) is 0. The zero-order chi connectivity index (χ0) is 22.9. The number of nitrogens with two attached hydrogens (primary N) is 2. The smallest absolute Gasteiger partial charge is 0.321 e. The van der Waals surface area contributed by atoms with E-state index in [-0.39, 0.29) is 41.6 Å². The number of fused-ring (bicyclic) bond motifs is 1. The van der Waals surface area contributed by atoms with Crippen molar-refractivity contribution in [2.75, 3.05) is 31.6 Å². The van der Waals surface area contributed by atoms with Crippen LogP contribution in [0.1, 0.15) is 45.9 Å². The lowest BCUT2D eigenvalue weighted by molar-refractivity contribution is 0.00695. The normalized spacial score (nSPS) is 22.6. The minimum absolute atomic E-state index is 0.0589. The van der Waals surface area contributed by atoms with Gasteiger partial charge in [0.2, 0.25) is 5.95 Å². The minimum atomic E-state index is -0.777. The van der Waals surface area contributed by atoms with Crippen molar-refractivity contribution < 1.29 is 9.18 Å². The van der Waals surface area contributed by atoms with Crippen LogP contribution < -0.4 is 11.5 Å². The molecule has 1 saturated heterocycles. The number of rotatable bonds is 1. The third-order valence-corrected chi connectivity index (χ3v) is 6.73. The number of hydrogen-bond acceptors (Lipinski definition) is 7. The van der Waals surface area contributed by atoms with Gasteiger partial charge in [-0.25, -0.2) is 14.2 Å². The maximum absolute atomic E-state index is 14.7. The highest BCUT2D eigenvalue weighted by Crippen LogP contribution is 2.43. The first-order valence-corrected chi connectivity index (χ1v) is 10.3. The quantitative estimate of drug-likeness (QED) is 0.626. The van der Waals surface area contributed by atoms with Gasteiger partial charge in [0.1, 0.15) is 11.4 Å². The lowest BCUT2D eigenvalue weighted by atomic mass is 9.96. The first kappa shape index (κ1) is 21.3. The maximum Gasteiger partial charge on any atom is 0.321 e. The molecule has 2 aromatic rings. The summed E-state index contributed by atoms with van der Waals surface area (Å²) in [4.78, 5) is 27.3. The number of anilines is 2. The second-order valence-electron chi connectivity index (χ2n) is 9.65. The molecule has 168 valence electrons. The molecule has 2 aromatic heterocycles. The average Bonchev–Trinajstić information content (AvgIpc) is 3.19. The fraction of sp³-hybridized carbons (Fsp3) is 0.600.